The molecule has 0 fully saturated rings. The van der Waals surface area contributed by atoms with Crippen LogP contribution in [0.3, 0.4) is 0 Å². The summed E-state index contributed by atoms with van der Waals surface area (Å²) in [4.78, 5) is 43.8. The molecule has 3 heterocycles. The first kappa shape index (κ1) is 28.0. The first-order chi connectivity index (χ1) is 19.8. The fourth-order valence-corrected chi connectivity index (χ4v) is 5.59. The van der Waals surface area contributed by atoms with Gasteiger partial charge in [-0.25, -0.2) is 14.6 Å². The van der Waals surface area contributed by atoms with E-state index in [0.717, 1.165) is 5.56 Å². The Morgan fingerprint density at radius 1 is 1.07 bits per heavy atom. The van der Waals surface area contributed by atoms with Crippen molar-refractivity contribution in [3.8, 4) is 23.0 Å². The second kappa shape index (κ2) is 11.9. The molecule has 0 aliphatic carbocycles. The lowest BCUT2D eigenvalue weighted by Gasteiger charge is -2.25. The lowest BCUT2D eigenvalue weighted by atomic mass is 9.95. The smallest absolute Gasteiger partial charge is 0.343 e. The highest BCUT2D eigenvalue weighted by molar-refractivity contribution is 7.07. The number of thiazole rings is 1. The molecule has 0 N–H and O–H groups in total. The van der Waals surface area contributed by atoms with Crippen LogP contribution in [0.2, 0.25) is 0 Å². The fraction of sp³-hybridized carbons (Fsp3) is 0.310. The Hall–Kier alpha value is -4.58. The van der Waals surface area contributed by atoms with Crippen LogP contribution in [0.15, 0.2) is 57.5 Å². The van der Waals surface area contributed by atoms with Gasteiger partial charge in [0.2, 0.25) is 6.79 Å². The molecule has 0 spiro atoms. The van der Waals surface area contributed by atoms with Crippen LogP contribution in [0.25, 0.3) is 6.08 Å². The van der Waals surface area contributed by atoms with Gasteiger partial charge < -0.3 is 28.4 Å². The minimum absolute atomic E-state index is 0.146. The maximum absolute atomic E-state index is 13.9. The molecule has 0 amide bonds. The molecular weight excluding hydrogens is 552 g/mol. The Bertz CT molecular complexity index is 1720. The molecule has 2 aromatic carbocycles. The summed E-state index contributed by atoms with van der Waals surface area (Å²) >= 11 is 1.21. The predicted octanol–water partition coefficient (Wildman–Crippen LogP) is 2.48. The topological polar surface area (TPSA) is 124 Å². The number of carbonyl (C=O) groups is 2. The van der Waals surface area contributed by atoms with E-state index in [1.54, 1.807) is 50.3 Å². The number of ether oxygens (including phenoxy) is 6. The number of aromatic nitrogens is 1. The molecule has 12 heteroatoms. The van der Waals surface area contributed by atoms with Crippen LogP contribution in [-0.4, -0.2) is 50.2 Å². The van der Waals surface area contributed by atoms with Crippen molar-refractivity contribution in [3.63, 3.8) is 0 Å². The molecular formula is C29H28N2O9S. The van der Waals surface area contributed by atoms with Crippen LogP contribution in [0.4, 0.5) is 0 Å². The molecule has 0 saturated carbocycles. The Labute approximate surface area is 238 Å². The monoisotopic (exact) mass is 580 g/mol. The second-order valence-corrected chi connectivity index (χ2v) is 9.93. The van der Waals surface area contributed by atoms with Crippen LogP contribution in [0, 0.1) is 0 Å². The van der Waals surface area contributed by atoms with Gasteiger partial charge in [-0.05, 0) is 62.2 Å². The molecule has 0 radical (unpaired) electrons. The van der Waals surface area contributed by atoms with Gasteiger partial charge in [-0.15, -0.1) is 0 Å². The van der Waals surface area contributed by atoms with Crippen LogP contribution in [0.1, 0.15) is 37.9 Å². The van der Waals surface area contributed by atoms with E-state index in [1.165, 1.54) is 23.0 Å². The summed E-state index contributed by atoms with van der Waals surface area (Å²) in [5.41, 5.74) is 1.68. The third-order valence-electron chi connectivity index (χ3n) is 6.37. The van der Waals surface area contributed by atoms with E-state index >= 15 is 0 Å². The van der Waals surface area contributed by atoms with Crippen LogP contribution < -0.4 is 33.8 Å². The Balaban J connectivity index is 1.64. The number of benzene rings is 2. The fourth-order valence-electron chi connectivity index (χ4n) is 4.54. The third kappa shape index (κ3) is 5.55. The van der Waals surface area contributed by atoms with Gasteiger partial charge in [0, 0.05) is 0 Å². The molecule has 11 nitrogen and oxygen atoms in total. The maximum Gasteiger partial charge on any atom is 0.343 e. The Kier molecular flexibility index (Phi) is 8.11. The zero-order valence-electron chi connectivity index (χ0n) is 22.9. The van der Waals surface area contributed by atoms with E-state index in [9.17, 15) is 14.4 Å². The normalized spacial score (nSPS) is 15.7. The van der Waals surface area contributed by atoms with Crippen LogP contribution in [-0.2, 0) is 19.1 Å². The summed E-state index contributed by atoms with van der Waals surface area (Å²) in [6.45, 7) is 5.54. The number of esters is 2. The summed E-state index contributed by atoms with van der Waals surface area (Å²) in [5.74, 6) is 0.774. The summed E-state index contributed by atoms with van der Waals surface area (Å²) in [5, 5.41) is 0. The van der Waals surface area contributed by atoms with Gasteiger partial charge in [0.15, 0.2) is 34.4 Å². The standard InChI is InChI=1S/C29H28N2O9S/c1-5-36-22-13-18(8-10-19(22)38-14-24(32)35-4)26-25(28(34)37-6-2)16(3)30-29-31(26)27(33)23(41-29)12-17-7-9-20-21(11-17)40-15-39-20/h7-13,26H,5-6,14-15H2,1-4H3/b23-12-/t26-/m0/s1. The number of hydrogen-bond donors (Lipinski definition) is 0. The van der Waals surface area contributed by atoms with E-state index in [1.807, 2.05) is 13.0 Å². The maximum atomic E-state index is 13.9. The summed E-state index contributed by atoms with van der Waals surface area (Å²) in [6, 6.07) is 9.60. The van der Waals surface area contributed by atoms with E-state index in [2.05, 4.69) is 9.73 Å². The molecule has 0 bridgehead atoms. The zero-order valence-corrected chi connectivity index (χ0v) is 23.7. The van der Waals surface area contributed by atoms with E-state index < -0.39 is 18.0 Å². The summed E-state index contributed by atoms with van der Waals surface area (Å²) < 4.78 is 34.2. The highest BCUT2D eigenvalue weighted by atomic mass is 32.1. The highest BCUT2D eigenvalue weighted by Crippen LogP contribution is 2.37. The SMILES string of the molecule is CCOC(=O)C1=C(C)N=c2s/c(=C\c3ccc4c(c3)OCO4)c(=O)n2[C@H]1c1ccc(OCC(=O)OC)c(OCC)c1. The van der Waals surface area contributed by atoms with Gasteiger partial charge >= 0.3 is 11.9 Å². The molecule has 1 atom stereocenters. The Morgan fingerprint density at radius 3 is 2.63 bits per heavy atom. The number of hydrogen-bond acceptors (Lipinski definition) is 11. The largest absolute Gasteiger partial charge is 0.490 e. The molecule has 41 heavy (non-hydrogen) atoms. The molecule has 214 valence electrons. The first-order valence-corrected chi connectivity index (χ1v) is 13.7. The average molecular weight is 581 g/mol. The van der Waals surface area contributed by atoms with Crippen molar-refractivity contribution in [2.75, 3.05) is 33.7 Å². The zero-order chi connectivity index (χ0) is 29.1. The van der Waals surface area contributed by atoms with Gasteiger partial charge in [-0.2, -0.15) is 0 Å². The van der Waals surface area contributed by atoms with Crippen molar-refractivity contribution in [1.82, 2.24) is 4.57 Å². The first-order valence-electron chi connectivity index (χ1n) is 12.9. The van der Waals surface area contributed by atoms with Crippen LogP contribution >= 0.6 is 11.3 Å². The molecule has 2 aliphatic heterocycles. The Morgan fingerprint density at radius 2 is 1.88 bits per heavy atom. The summed E-state index contributed by atoms with van der Waals surface area (Å²) in [7, 11) is 1.27. The molecule has 5 rings (SSSR count). The second-order valence-electron chi connectivity index (χ2n) is 8.92. The molecule has 3 aromatic rings. The van der Waals surface area contributed by atoms with Crippen molar-refractivity contribution in [3.05, 3.63) is 78.5 Å². The van der Waals surface area contributed by atoms with Crippen molar-refractivity contribution in [2.45, 2.75) is 26.8 Å². The average Bonchev–Trinajstić information content (AvgIpc) is 3.55. The van der Waals surface area contributed by atoms with Gasteiger partial charge in [-0.1, -0.05) is 23.5 Å². The van der Waals surface area contributed by atoms with Crippen LogP contribution in [0.5, 0.6) is 23.0 Å². The number of carbonyl (C=O) groups excluding carboxylic acids is 2. The molecule has 1 aromatic heterocycles. The van der Waals surface area contributed by atoms with Gasteiger partial charge in [0.05, 0.1) is 42.2 Å². The molecule has 2 aliphatic rings. The summed E-state index contributed by atoms with van der Waals surface area (Å²) in [6.07, 6.45) is 1.75. The highest BCUT2D eigenvalue weighted by Gasteiger charge is 2.34. The predicted molar refractivity (Wildman–Crippen MR) is 148 cm³/mol. The minimum Gasteiger partial charge on any atom is -0.490 e. The van der Waals surface area contributed by atoms with Gasteiger partial charge in [0.25, 0.3) is 5.56 Å². The molecule has 0 saturated heterocycles. The third-order valence-corrected chi connectivity index (χ3v) is 7.35. The lowest BCUT2D eigenvalue weighted by molar-refractivity contribution is -0.143. The minimum atomic E-state index is -0.849. The van der Waals surface area contributed by atoms with Crippen molar-refractivity contribution < 1.29 is 38.0 Å². The van der Waals surface area contributed by atoms with Gasteiger partial charge in [-0.3, -0.25) is 9.36 Å². The number of methoxy groups -OCH3 is 1. The van der Waals surface area contributed by atoms with Crippen molar-refractivity contribution in [1.29, 1.82) is 0 Å². The number of fused-ring (bicyclic) bond motifs is 2. The number of nitrogens with zero attached hydrogens (tertiary/aromatic N) is 2. The van der Waals surface area contributed by atoms with Crippen molar-refractivity contribution >= 4 is 29.4 Å². The lowest BCUT2D eigenvalue weighted by Crippen LogP contribution is -2.40. The van der Waals surface area contributed by atoms with Gasteiger partial charge in [0.1, 0.15) is 0 Å². The van der Waals surface area contributed by atoms with E-state index in [-0.39, 0.29) is 31.1 Å². The van der Waals surface area contributed by atoms with Crippen molar-refractivity contribution in [2.24, 2.45) is 4.99 Å². The molecule has 0 unspecified atom stereocenters. The number of allylic oxidation sites excluding steroid dienone is 1. The quantitative estimate of drug-likeness (QED) is 0.351. The van der Waals surface area contributed by atoms with E-state index in [4.69, 9.17) is 23.7 Å². The number of rotatable bonds is 9. The van der Waals surface area contributed by atoms with E-state index in [0.29, 0.717) is 50.2 Å².